The lowest BCUT2D eigenvalue weighted by Gasteiger charge is -2.20. The van der Waals surface area contributed by atoms with Gasteiger partial charge in [0.25, 0.3) is 0 Å². The molecule has 0 radical (unpaired) electrons. The zero-order valence-electron chi connectivity index (χ0n) is 14.2. The minimum Gasteiger partial charge on any atom is -0.346 e. The number of fused-ring (bicyclic) bond motifs is 1. The van der Waals surface area contributed by atoms with Crippen molar-refractivity contribution >= 4 is 27.0 Å². The number of nitrogens with two attached hydrogens (primary N) is 1. The van der Waals surface area contributed by atoms with Crippen LogP contribution in [0.15, 0.2) is 18.2 Å². The van der Waals surface area contributed by atoms with Crippen LogP contribution in [-0.2, 0) is 14.8 Å². The normalized spacial score (nSPS) is 13.4. The maximum Gasteiger partial charge on any atom is 0.220 e. The summed E-state index contributed by atoms with van der Waals surface area (Å²) in [5, 5.41) is 7.87. The van der Waals surface area contributed by atoms with Crippen LogP contribution in [0.1, 0.15) is 44.1 Å². The fourth-order valence-electron chi connectivity index (χ4n) is 2.52. The van der Waals surface area contributed by atoms with Crippen molar-refractivity contribution in [2.75, 3.05) is 5.75 Å². The first-order valence-electron chi connectivity index (χ1n) is 7.92. The zero-order valence-corrected chi connectivity index (χ0v) is 15.0. The summed E-state index contributed by atoms with van der Waals surface area (Å²) < 4.78 is 21.8. The van der Waals surface area contributed by atoms with E-state index in [9.17, 15) is 13.2 Å². The number of sulfonamides is 1. The van der Waals surface area contributed by atoms with Gasteiger partial charge in [0, 0.05) is 6.42 Å². The second kappa shape index (κ2) is 7.31. The number of hydrogen-bond acceptors (Lipinski definition) is 4. The number of hydrogen-bond donors (Lipinski definition) is 3. The second-order valence-electron chi connectivity index (χ2n) is 6.40. The standard InChI is InChI=1S/C16H24N4O3S/c1-10(2)15(20-14(21)5-4-8-24(17,22)23)16-18-12-7-6-11(3)9-13(12)19-16/h6-7,9-10,15H,4-5,8H2,1-3H3,(H,18,19)(H,20,21)(H2,17,22,23). The number of nitrogens with one attached hydrogen (secondary N) is 2. The predicted molar refractivity (Wildman–Crippen MR) is 93.8 cm³/mol. The summed E-state index contributed by atoms with van der Waals surface area (Å²) in [6.45, 7) is 5.99. The highest BCUT2D eigenvalue weighted by Crippen LogP contribution is 2.23. The van der Waals surface area contributed by atoms with Crippen LogP contribution in [0.3, 0.4) is 0 Å². The van der Waals surface area contributed by atoms with E-state index in [1.165, 1.54) is 0 Å². The summed E-state index contributed by atoms with van der Waals surface area (Å²) in [7, 11) is -3.54. The number of benzene rings is 1. The van der Waals surface area contributed by atoms with Gasteiger partial charge in [0.05, 0.1) is 22.8 Å². The maximum atomic E-state index is 12.1. The Labute approximate surface area is 142 Å². The molecule has 0 fully saturated rings. The molecule has 1 unspecified atom stereocenters. The predicted octanol–water partition coefficient (Wildman–Crippen LogP) is 1.75. The average molecular weight is 352 g/mol. The fourth-order valence-corrected chi connectivity index (χ4v) is 3.07. The third-order valence-electron chi connectivity index (χ3n) is 3.77. The fraction of sp³-hybridized carbons (Fsp3) is 0.500. The molecule has 0 saturated heterocycles. The Balaban J connectivity index is 2.09. The highest BCUT2D eigenvalue weighted by molar-refractivity contribution is 7.89. The van der Waals surface area contributed by atoms with Gasteiger partial charge >= 0.3 is 0 Å². The molecular weight excluding hydrogens is 328 g/mol. The van der Waals surface area contributed by atoms with Gasteiger partial charge in [-0.25, -0.2) is 18.5 Å². The monoisotopic (exact) mass is 352 g/mol. The molecule has 1 heterocycles. The summed E-state index contributed by atoms with van der Waals surface area (Å²) in [6, 6.07) is 5.68. The molecule has 0 aliphatic rings. The lowest BCUT2D eigenvalue weighted by atomic mass is 10.0. The Bertz CT molecular complexity index is 827. The van der Waals surface area contributed by atoms with Crippen LogP contribution in [-0.4, -0.2) is 30.0 Å². The van der Waals surface area contributed by atoms with E-state index < -0.39 is 10.0 Å². The summed E-state index contributed by atoms with van der Waals surface area (Å²) in [4.78, 5) is 19.9. The molecule has 0 aliphatic carbocycles. The molecule has 0 aliphatic heterocycles. The number of carbonyl (C=O) groups is 1. The van der Waals surface area contributed by atoms with E-state index in [0.29, 0.717) is 5.82 Å². The van der Waals surface area contributed by atoms with Crippen LogP contribution in [0.2, 0.25) is 0 Å². The number of imidazole rings is 1. The third kappa shape index (κ3) is 5.04. The van der Waals surface area contributed by atoms with Crippen LogP contribution >= 0.6 is 0 Å². The van der Waals surface area contributed by atoms with Crippen molar-refractivity contribution in [1.82, 2.24) is 15.3 Å². The first-order chi connectivity index (χ1) is 11.2. The largest absolute Gasteiger partial charge is 0.346 e. The maximum absolute atomic E-state index is 12.1. The van der Waals surface area contributed by atoms with Crippen molar-refractivity contribution in [3.05, 3.63) is 29.6 Å². The first-order valence-corrected chi connectivity index (χ1v) is 9.63. The number of aromatic nitrogens is 2. The first kappa shape index (κ1) is 18.4. The zero-order chi connectivity index (χ0) is 17.9. The van der Waals surface area contributed by atoms with E-state index in [-0.39, 0.29) is 36.5 Å². The van der Waals surface area contributed by atoms with Gasteiger partial charge in [0.2, 0.25) is 15.9 Å². The van der Waals surface area contributed by atoms with Crippen LogP contribution in [0.4, 0.5) is 0 Å². The van der Waals surface area contributed by atoms with E-state index >= 15 is 0 Å². The summed E-state index contributed by atoms with van der Waals surface area (Å²) in [6.07, 6.45) is 0.313. The Hall–Kier alpha value is -1.93. The van der Waals surface area contributed by atoms with Gasteiger partial charge in [-0.05, 0) is 37.0 Å². The number of rotatable bonds is 7. The van der Waals surface area contributed by atoms with Crippen molar-refractivity contribution in [2.45, 2.75) is 39.7 Å². The Morgan fingerprint density at radius 3 is 2.71 bits per heavy atom. The quantitative estimate of drug-likeness (QED) is 0.703. The highest BCUT2D eigenvalue weighted by atomic mass is 32.2. The smallest absolute Gasteiger partial charge is 0.220 e. The van der Waals surface area contributed by atoms with Gasteiger partial charge in [0.15, 0.2) is 0 Å². The van der Waals surface area contributed by atoms with Crippen molar-refractivity contribution in [1.29, 1.82) is 0 Å². The lowest BCUT2D eigenvalue weighted by Crippen LogP contribution is -2.32. The van der Waals surface area contributed by atoms with Crippen LogP contribution in [0.5, 0.6) is 0 Å². The van der Waals surface area contributed by atoms with E-state index in [0.717, 1.165) is 16.6 Å². The molecule has 8 heteroatoms. The lowest BCUT2D eigenvalue weighted by molar-refractivity contribution is -0.122. The molecule has 1 atom stereocenters. The molecular formula is C16H24N4O3S. The molecule has 1 aromatic heterocycles. The number of primary sulfonamides is 1. The molecule has 24 heavy (non-hydrogen) atoms. The molecule has 0 spiro atoms. The number of H-pyrrole nitrogens is 1. The van der Waals surface area contributed by atoms with Crippen molar-refractivity contribution in [2.24, 2.45) is 11.1 Å². The second-order valence-corrected chi connectivity index (χ2v) is 8.14. The molecule has 1 aromatic carbocycles. The minimum atomic E-state index is -3.54. The number of aryl methyl sites for hydroxylation is 1. The van der Waals surface area contributed by atoms with Gasteiger partial charge in [0.1, 0.15) is 5.82 Å². The van der Waals surface area contributed by atoms with E-state index in [4.69, 9.17) is 5.14 Å². The summed E-state index contributed by atoms with van der Waals surface area (Å²) in [5.74, 6) is 0.421. The molecule has 0 saturated carbocycles. The molecule has 2 rings (SSSR count). The molecule has 7 nitrogen and oxygen atoms in total. The van der Waals surface area contributed by atoms with Crippen molar-refractivity contribution < 1.29 is 13.2 Å². The van der Waals surface area contributed by atoms with Crippen LogP contribution in [0, 0.1) is 12.8 Å². The van der Waals surface area contributed by atoms with Crippen LogP contribution < -0.4 is 10.5 Å². The SMILES string of the molecule is Cc1ccc2nc(C(NC(=O)CCCS(N)(=O)=O)C(C)C)[nH]c2c1. The van der Waals surface area contributed by atoms with Crippen LogP contribution in [0.25, 0.3) is 11.0 Å². The molecule has 0 bridgehead atoms. The molecule has 2 aromatic rings. The van der Waals surface area contributed by atoms with E-state index in [2.05, 4.69) is 15.3 Å². The number of carbonyl (C=O) groups excluding carboxylic acids is 1. The van der Waals surface area contributed by atoms with Gasteiger partial charge in [-0.1, -0.05) is 19.9 Å². The average Bonchev–Trinajstić information content (AvgIpc) is 2.85. The number of amides is 1. The van der Waals surface area contributed by atoms with Crippen molar-refractivity contribution in [3.63, 3.8) is 0 Å². The number of nitrogens with zero attached hydrogens (tertiary/aromatic N) is 1. The Morgan fingerprint density at radius 1 is 1.38 bits per heavy atom. The summed E-state index contributed by atoms with van der Waals surface area (Å²) in [5.41, 5.74) is 2.91. The molecule has 1 amide bonds. The third-order valence-corrected chi connectivity index (χ3v) is 4.62. The summed E-state index contributed by atoms with van der Waals surface area (Å²) >= 11 is 0. The molecule has 4 N–H and O–H groups in total. The minimum absolute atomic E-state index is 0.110. The molecule has 132 valence electrons. The topological polar surface area (TPSA) is 118 Å². The highest BCUT2D eigenvalue weighted by Gasteiger charge is 2.22. The van der Waals surface area contributed by atoms with Gasteiger partial charge in [-0.3, -0.25) is 4.79 Å². The van der Waals surface area contributed by atoms with Gasteiger partial charge in [-0.15, -0.1) is 0 Å². The Kier molecular flexibility index (Phi) is 5.61. The van der Waals surface area contributed by atoms with E-state index in [1.807, 2.05) is 39.0 Å². The van der Waals surface area contributed by atoms with Crippen molar-refractivity contribution in [3.8, 4) is 0 Å². The Morgan fingerprint density at radius 2 is 2.08 bits per heavy atom. The van der Waals surface area contributed by atoms with Gasteiger partial charge < -0.3 is 10.3 Å². The van der Waals surface area contributed by atoms with E-state index in [1.54, 1.807) is 0 Å². The van der Waals surface area contributed by atoms with Gasteiger partial charge in [-0.2, -0.15) is 0 Å². The number of aromatic amines is 1.